The summed E-state index contributed by atoms with van der Waals surface area (Å²) in [5.41, 5.74) is 20.3. The van der Waals surface area contributed by atoms with E-state index < -0.39 is 0 Å². The van der Waals surface area contributed by atoms with E-state index in [1.54, 1.807) is 37.2 Å². The summed E-state index contributed by atoms with van der Waals surface area (Å²) in [5, 5.41) is 19.4. The van der Waals surface area contributed by atoms with Crippen molar-refractivity contribution in [1.29, 1.82) is 0 Å². The predicted octanol–water partition coefficient (Wildman–Crippen LogP) is 14.3. The summed E-state index contributed by atoms with van der Waals surface area (Å²) in [6, 6.07) is 32.0. The van der Waals surface area contributed by atoms with Crippen LogP contribution in [0.25, 0.3) is 111 Å². The molecule has 28 nitrogen and oxygen atoms in total. The molecule has 7 fully saturated rings. The maximum absolute atomic E-state index is 5.97. The van der Waals surface area contributed by atoms with Gasteiger partial charge < -0.3 is 66.5 Å². The minimum absolute atomic E-state index is 0.305. The number of fused-ring (bicyclic) bond motifs is 9. The minimum Gasteiger partial charge on any atom is -0.381 e. The number of pyridine rings is 5. The molecule has 574 valence electrons. The molecular formula is C85H93N27O. The van der Waals surface area contributed by atoms with Crippen LogP contribution in [-0.2, 0) is 4.74 Å². The molecule has 4 aliphatic carbocycles. The molecule has 6 atom stereocenters. The number of H-pyrrole nitrogens is 5. The van der Waals surface area contributed by atoms with Crippen LogP contribution in [0.2, 0.25) is 0 Å². The molecule has 4 unspecified atom stereocenters. The van der Waals surface area contributed by atoms with Gasteiger partial charge in [-0.25, -0.2) is 74.8 Å². The first-order valence-corrected chi connectivity index (χ1v) is 39.8. The van der Waals surface area contributed by atoms with Crippen molar-refractivity contribution in [2.45, 2.75) is 120 Å². The van der Waals surface area contributed by atoms with E-state index >= 15 is 0 Å². The van der Waals surface area contributed by atoms with Gasteiger partial charge >= 0.3 is 0 Å². The van der Waals surface area contributed by atoms with Crippen LogP contribution in [0.5, 0.6) is 0 Å². The summed E-state index contributed by atoms with van der Waals surface area (Å²) in [6.07, 6.45) is 44.9. The van der Waals surface area contributed by atoms with E-state index in [-0.39, 0.29) is 0 Å². The van der Waals surface area contributed by atoms with E-state index in [2.05, 4.69) is 142 Å². The molecule has 3 saturated heterocycles. The number of hydrogen-bond acceptors (Lipinski definition) is 23. The fourth-order valence-corrected chi connectivity index (χ4v) is 17.4. The van der Waals surface area contributed by atoms with Crippen molar-refractivity contribution in [2.24, 2.45) is 29.4 Å². The van der Waals surface area contributed by atoms with Gasteiger partial charge in [-0.05, 0) is 212 Å². The van der Waals surface area contributed by atoms with Crippen LogP contribution < -0.4 is 31.9 Å². The molecule has 113 heavy (non-hydrogen) atoms. The molecule has 11 N–H and O–H groups in total. The second-order valence-corrected chi connectivity index (χ2v) is 30.7. The van der Waals surface area contributed by atoms with E-state index in [0.29, 0.717) is 42.1 Å². The molecule has 18 heterocycles. The number of hydrogen-bond donors (Lipinski definition) is 10. The average molecular weight is 1510 g/mol. The van der Waals surface area contributed by atoms with Crippen LogP contribution >= 0.6 is 0 Å². The molecule has 0 amide bonds. The number of ether oxygens (including phenoxy) is 1. The number of rotatable bonds is 14. The zero-order valence-corrected chi connectivity index (χ0v) is 63.2. The lowest BCUT2D eigenvalue weighted by Gasteiger charge is -2.30. The maximum Gasteiger partial charge on any atom is 0.225 e. The predicted molar refractivity (Wildman–Crippen MR) is 442 cm³/mol. The summed E-state index contributed by atoms with van der Waals surface area (Å²) in [7, 11) is 2.17. The third-order valence-corrected chi connectivity index (χ3v) is 23.4. The van der Waals surface area contributed by atoms with Crippen LogP contribution in [0.3, 0.4) is 0 Å². The smallest absolute Gasteiger partial charge is 0.225 e. The second kappa shape index (κ2) is 33.4. The van der Waals surface area contributed by atoms with Gasteiger partial charge in [0, 0.05) is 204 Å². The van der Waals surface area contributed by atoms with Crippen molar-refractivity contribution in [3.63, 3.8) is 0 Å². The Bertz CT molecular complexity index is 5550. The maximum atomic E-state index is 5.97. The fraction of sp³-hybridized carbons (Fsp3) is 0.353. The first-order chi connectivity index (χ1) is 55.7. The fourth-order valence-electron chi connectivity index (χ4n) is 17.4. The van der Waals surface area contributed by atoms with Gasteiger partial charge in [-0.1, -0.05) is 12.8 Å². The monoisotopic (exact) mass is 1510 g/mol. The zero-order valence-electron chi connectivity index (χ0n) is 63.2. The molecule has 28 heteroatoms. The summed E-state index contributed by atoms with van der Waals surface area (Å²) < 4.78 is 5.38. The van der Waals surface area contributed by atoms with Crippen molar-refractivity contribution in [3.8, 4) is 56.3 Å². The Hall–Kier alpha value is -12.3. The Morgan fingerprint density at radius 2 is 0.681 bits per heavy atom. The van der Waals surface area contributed by atoms with Crippen molar-refractivity contribution in [3.05, 3.63) is 184 Å². The van der Waals surface area contributed by atoms with Gasteiger partial charge in [0.1, 0.15) is 28.2 Å². The summed E-state index contributed by atoms with van der Waals surface area (Å²) in [6.45, 7) is 5.66. The highest BCUT2D eigenvalue weighted by Crippen LogP contribution is 2.47. The van der Waals surface area contributed by atoms with Crippen LogP contribution in [-0.4, -0.2) is 181 Å². The number of nitrogens with one attached hydrogen (secondary N) is 9. The number of anilines is 5. The number of nitrogens with zero attached hydrogens (tertiary/aromatic N) is 17. The van der Waals surface area contributed by atoms with Crippen molar-refractivity contribution >= 4 is 84.9 Å². The Kier molecular flexibility index (Phi) is 21.3. The Labute approximate surface area is 653 Å². The number of aromatic amines is 5. The van der Waals surface area contributed by atoms with E-state index in [0.717, 1.165) is 231 Å². The lowest BCUT2D eigenvalue weighted by Crippen LogP contribution is -2.40. The number of nitrogens with two attached hydrogens (primary N) is 1. The van der Waals surface area contributed by atoms with Crippen LogP contribution in [0.1, 0.15) is 89.9 Å². The topological polar surface area (TPSA) is 362 Å². The van der Waals surface area contributed by atoms with Crippen molar-refractivity contribution < 1.29 is 4.74 Å². The minimum atomic E-state index is 0.305. The molecule has 7 aliphatic rings. The number of likely N-dealkylation sites (tertiary alicyclic amines) is 1. The highest BCUT2D eigenvalue weighted by atomic mass is 16.5. The quantitative estimate of drug-likeness (QED) is 0.0483. The molecule has 4 bridgehead atoms. The molecule has 15 aromatic heterocycles. The Morgan fingerprint density at radius 1 is 0.345 bits per heavy atom. The van der Waals surface area contributed by atoms with Crippen molar-refractivity contribution in [2.75, 3.05) is 72.6 Å². The zero-order chi connectivity index (χ0) is 75.8. The van der Waals surface area contributed by atoms with Gasteiger partial charge in [0.2, 0.25) is 29.7 Å². The highest BCUT2D eigenvalue weighted by molar-refractivity contribution is 5.96. The van der Waals surface area contributed by atoms with Gasteiger partial charge in [-0.3, -0.25) is 0 Å². The SMILES string of the molecule is CN1CCC(Nc2nccc(-c3c[nH]c4ncccc34)n2)CC1.NC1CCN(c2nccc(-c3c[nH]c4ncccc34)n2)CC1.c1cnc2[nH]cc(-c3ccnc(NC4CCOCC4)n3)c2c1.c1cnc2[nH]cc(-c3ccnc(N[C@@H]4CC5CCC4C5)n3)c2c1.c1cnc2[nH]cc(-c3ccnc(N[C@H]4CC5CCC4C5)n3)c2c1. The van der Waals surface area contributed by atoms with Crippen molar-refractivity contribution in [1.82, 2.24) is 105 Å². The van der Waals surface area contributed by atoms with E-state index in [1.165, 1.54) is 51.4 Å². The van der Waals surface area contributed by atoms with Crippen LogP contribution in [0.4, 0.5) is 29.7 Å². The summed E-state index contributed by atoms with van der Waals surface area (Å²) >= 11 is 0. The highest BCUT2D eigenvalue weighted by Gasteiger charge is 2.41. The van der Waals surface area contributed by atoms with Gasteiger partial charge in [0.25, 0.3) is 0 Å². The Balaban J connectivity index is 0.0000000984. The normalized spacial score (nSPS) is 20.3. The van der Waals surface area contributed by atoms with E-state index in [9.17, 15) is 0 Å². The van der Waals surface area contributed by atoms with Gasteiger partial charge in [0.15, 0.2) is 0 Å². The molecular weight excluding hydrogens is 1420 g/mol. The molecule has 22 rings (SSSR count). The lowest BCUT2D eigenvalue weighted by atomic mass is 9.95. The van der Waals surface area contributed by atoms with Crippen LogP contribution in [0, 0.1) is 23.7 Å². The molecule has 3 aliphatic heterocycles. The summed E-state index contributed by atoms with van der Waals surface area (Å²) in [5.74, 6) is 7.10. The molecule has 15 aromatic rings. The number of aromatic nitrogens is 20. The summed E-state index contributed by atoms with van der Waals surface area (Å²) in [4.78, 5) is 87.8. The lowest BCUT2D eigenvalue weighted by molar-refractivity contribution is 0.0903. The molecule has 0 spiro atoms. The first kappa shape index (κ1) is 72.3. The molecule has 4 saturated carbocycles. The average Bonchev–Trinajstić information content (AvgIpc) is 1.70. The van der Waals surface area contributed by atoms with Gasteiger partial charge in [-0.15, -0.1) is 0 Å². The largest absolute Gasteiger partial charge is 0.381 e. The first-order valence-electron chi connectivity index (χ1n) is 39.8. The Morgan fingerprint density at radius 3 is 1.03 bits per heavy atom. The molecule has 0 radical (unpaired) electrons. The second-order valence-electron chi connectivity index (χ2n) is 30.7. The number of piperidine rings is 2. The van der Waals surface area contributed by atoms with Gasteiger partial charge in [-0.2, -0.15) is 0 Å². The third kappa shape index (κ3) is 16.6. The standard InChI is InChI=1S/2C18H19N5.C17H20N6.C16H18N6.C16H17N5O/c2*1-2-13-14(10-21-17(13)19-6-1)15-5-7-20-18(22-15)23-16-9-11-3-4-12(16)8-11;1-23-9-5-12(6-10-23)21-17-19-8-4-15(22-17)14-11-20-16-13(14)3-2-7-18-16;17-11-4-8-22(9-5-11)16-19-7-3-14(21-16)13-10-20-15-12(13)2-1-6-18-15;1-2-12-13(10-19-15(12)17-6-1)14-3-7-18-16(21-14)20-11-4-8-22-9-5-11/h2*1-2,5-7,10-12,16H,3-4,8-9H2,(H,19,21)(H,20,22,23);2-4,7-8,11-12H,5-6,9-10H2,1H3,(H,18,20)(H,19,21,22);1-3,6-7,10-11H,4-5,8-9,17H2,(H,18,20);1-3,6-7,10-11H,4-5,8-9H2,(H,17,19)(H,18,20,21)/t2*11?,12?,16-;;;/m10.../s1. The van der Waals surface area contributed by atoms with Crippen LogP contribution in [0.15, 0.2) is 184 Å². The third-order valence-electron chi connectivity index (χ3n) is 23.4. The van der Waals surface area contributed by atoms with E-state index in [1.807, 2.05) is 123 Å². The van der Waals surface area contributed by atoms with E-state index in [4.69, 9.17) is 30.4 Å². The van der Waals surface area contributed by atoms with Gasteiger partial charge in [0.05, 0.1) is 28.5 Å². The molecule has 0 aromatic carbocycles.